The van der Waals surface area contributed by atoms with Crippen molar-refractivity contribution in [3.63, 3.8) is 0 Å². The van der Waals surface area contributed by atoms with Crippen LogP contribution in [0.1, 0.15) is 28.4 Å². The summed E-state index contributed by atoms with van der Waals surface area (Å²) in [5, 5.41) is 5.53. The predicted molar refractivity (Wildman–Crippen MR) is 129 cm³/mol. The summed E-state index contributed by atoms with van der Waals surface area (Å²) in [4.78, 5) is 36.2. The summed E-state index contributed by atoms with van der Waals surface area (Å²) >= 11 is 0. The fourth-order valence-electron chi connectivity index (χ4n) is 3.10. The van der Waals surface area contributed by atoms with Crippen LogP contribution in [0.2, 0.25) is 0 Å². The quantitative estimate of drug-likeness (QED) is 0.356. The standard InChI is InChI=1S/C26H26N2O6/c1-4-32-26(31)34-22-11-9-19(10-12-22)25(30)28-21-7-5-6-20(15-21)27-24(29)16-33-23-13-8-17(2)14-18(23)3/h5-15H,4,16H2,1-3H3,(H,27,29)(H,28,30). The van der Waals surface area contributed by atoms with Crippen molar-refractivity contribution < 1.29 is 28.6 Å². The topological polar surface area (TPSA) is 103 Å². The number of anilines is 2. The largest absolute Gasteiger partial charge is 0.513 e. The van der Waals surface area contributed by atoms with Crippen LogP contribution in [0.25, 0.3) is 0 Å². The Balaban J connectivity index is 1.54. The molecule has 0 aliphatic carbocycles. The Kier molecular flexibility index (Phi) is 8.23. The minimum atomic E-state index is -0.807. The molecule has 2 amide bonds. The summed E-state index contributed by atoms with van der Waals surface area (Å²) < 4.78 is 15.3. The lowest BCUT2D eigenvalue weighted by molar-refractivity contribution is -0.118. The summed E-state index contributed by atoms with van der Waals surface area (Å²) in [6.07, 6.45) is -0.807. The highest BCUT2D eigenvalue weighted by Crippen LogP contribution is 2.20. The Morgan fingerprint density at radius 3 is 2.24 bits per heavy atom. The number of ether oxygens (including phenoxy) is 3. The van der Waals surface area contributed by atoms with Gasteiger partial charge in [-0.2, -0.15) is 0 Å². The first-order chi connectivity index (χ1) is 16.3. The van der Waals surface area contributed by atoms with Crippen LogP contribution >= 0.6 is 0 Å². The zero-order chi connectivity index (χ0) is 24.5. The molecule has 8 nitrogen and oxygen atoms in total. The van der Waals surface area contributed by atoms with E-state index in [1.165, 1.54) is 24.3 Å². The van der Waals surface area contributed by atoms with E-state index in [9.17, 15) is 14.4 Å². The Morgan fingerprint density at radius 1 is 0.853 bits per heavy atom. The highest BCUT2D eigenvalue weighted by molar-refractivity contribution is 6.04. The molecule has 34 heavy (non-hydrogen) atoms. The van der Waals surface area contributed by atoms with Gasteiger partial charge in [0.15, 0.2) is 6.61 Å². The number of benzene rings is 3. The Labute approximate surface area is 197 Å². The second-order valence-corrected chi connectivity index (χ2v) is 7.45. The first kappa shape index (κ1) is 24.3. The molecule has 0 saturated heterocycles. The Hall–Kier alpha value is -4.33. The predicted octanol–water partition coefficient (Wildman–Crippen LogP) is 5.11. The first-order valence-electron chi connectivity index (χ1n) is 10.7. The zero-order valence-corrected chi connectivity index (χ0v) is 19.2. The number of carbonyl (C=O) groups is 3. The van der Waals surface area contributed by atoms with Gasteiger partial charge in [-0.25, -0.2) is 4.79 Å². The van der Waals surface area contributed by atoms with Crippen molar-refractivity contribution in [1.29, 1.82) is 0 Å². The summed E-state index contributed by atoms with van der Waals surface area (Å²) in [6, 6.07) is 18.6. The number of nitrogens with one attached hydrogen (secondary N) is 2. The molecule has 0 fully saturated rings. The second-order valence-electron chi connectivity index (χ2n) is 7.45. The monoisotopic (exact) mass is 462 g/mol. The van der Waals surface area contributed by atoms with Crippen LogP contribution in [0, 0.1) is 13.8 Å². The number of carbonyl (C=O) groups excluding carboxylic acids is 3. The molecule has 0 aromatic heterocycles. The van der Waals surface area contributed by atoms with Gasteiger partial charge in [-0.3, -0.25) is 9.59 Å². The molecular weight excluding hydrogens is 436 g/mol. The van der Waals surface area contributed by atoms with Crippen LogP contribution < -0.4 is 20.1 Å². The molecule has 0 aliphatic heterocycles. The van der Waals surface area contributed by atoms with Crippen molar-refractivity contribution in [2.45, 2.75) is 20.8 Å². The van der Waals surface area contributed by atoms with Crippen LogP contribution in [0.15, 0.2) is 66.7 Å². The lowest BCUT2D eigenvalue weighted by Crippen LogP contribution is -2.20. The van der Waals surface area contributed by atoms with E-state index in [2.05, 4.69) is 10.6 Å². The molecule has 0 saturated carbocycles. The number of amides is 2. The van der Waals surface area contributed by atoms with E-state index in [1.54, 1.807) is 31.2 Å². The Bertz CT molecular complexity index is 1170. The van der Waals surface area contributed by atoms with E-state index >= 15 is 0 Å². The van der Waals surface area contributed by atoms with Gasteiger partial charge in [0.05, 0.1) is 6.61 Å². The van der Waals surface area contributed by atoms with Gasteiger partial charge in [0.2, 0.25) is 0 Å². The van der Waals surface area contributed by atoms with Gasteiger partial charge in [0.1, 0.15) is 11.5 Å². The van der Waals surface area contributed by atoms with Crippen LogP contribution in [-0.2, 0) is 9.53 Å². The molecule has 0 aliphatic rings. The molecule has 8 heteroatoms. The number of aryl methyl sites for hydroxylation is 2. The maximum atomic E-state index is 12.5. The number of hydrogen-bond acceptors (Lipinski definition) is 6. The molecule has 0 bridgehead atoms. The van der Waals surface area contributed by atoms with Gasteiger partial charge in [-0.05, 0) is 74.9 Å². The SMILES string of the molecule is CCOC(=O)Oc1ccc(C(=O)Nc2cccc(NC(=O)COc3ccc(C)cc3C)c2)cc1. The van der Waals surface area contributed by atoms with E-state index in [1.807, 2.05) is 32.0 Å². The van der Waals surface area contributed by atoms with Gasteiger partial charge < -0.3 is 24.8 Å². The zero-order valence-electron chi connectivity index (χ0n) is 19.2. The highest BCUT2D eigenvalue weighted by Gasteiger charge is 2.10. The molecule has 176 valence electrons. The number of rotatable bonds is 8. The van der Waals surface area contributed by atoms with Gasteiger partial charge in [0.25, 0.3) is 11.8 Å². The van der Waals surface area contributed by atoms with Crippen molar-refractivity contribution in [1.82, 2.24) is 0 Å². The molecule has 0 unspecified atom stereocenters. The van der Waals surface area contributed by atoms with Crippen LogP contribution in [0.3, 0.4) is 0 Å². The van der Waals surface area contributed by atoms with Gasteiger partial charge in [-0.15, -0.1) is 0 Å². The third kappa shape index (κ3) is 7.09. The van der Waals surface area contributed by atoms with Crippen molar-refractivity contribution in [2.75, 3.05) is 23.8 Å². The van der Waals surface area contributed by atoms with E-state index in [4.69, 9.17) is 14.2 Å². The third-order valence-corrected chi connectivity index (χ3v) is 4.67. The minimum Gasteiger partial charge on any atom is -0.483 e. The molecule has 3 rings (SSSR count). The lowest BCUT2D eigenvalue weighted by atomic mass is 10.1. The maximum absolute atomic E-state index is 12.5. The summed E-state index contributed by atoms with van der Waals surface area (Å²) in [6.45, 7) is 5.66. The van der Waals surface area contributed by atoms with Crippen LogP contribution in [-0.4, -0.2) is 31.2 Å². The minimum absolute atomic E-state index is 0.138. The summed E-state index contributed by atoms with van der Waals surface area (Å²) in [5.41, 5.74) is 3.47. The Morgan fingerprint density at radius 2 is 1.56 bits per heavy atom. The van der Waals surface area contributed by atoms with Crippen LogP contribution in [0.4, 0.5) is 16.2 Å². The van der Waals surface area contributed by atoms with Gasteiger partial charge in [0, 0.05) is 16.9 Å². The van der Waals surface area contributed by atoms with E-state index in [0.29, 0.717) is 22.7 Å². The highest BCUT2D eigenvalue weighted by atomic mass is 16.7. The molecule has 0 heterocycles. The normalized spacial score (nSPS) is 10.2. The van der Waals surface area contributed by atoms with E-state index in [0.717, 1.165) is 11.1 Å². The average Bonchev–Trinajstić information content (AvgIpc) is 2.79. The fraction of sp³-hybridized carbons (Fsp3) is 0.192. The lowest BCUT2D eigenvalue weighted by Gasteiger charge is -2.11. The second kappa shape index (κ2) is 11.5. The molecule has 0 radical (unpaired) electrons. The molecule has 0 atom stereocenters. The van der Waals surface area contributed by atoms with Gasteiger partial charge in [-0.1, -0.05) is 23.8 Å². The van der Waals surface area contributed by atoms with E-state index < -0.39 is 6.16 Å². The van der Waals surface area contributed by atoms with E-state index in [-0.39, 0.29) is 30.8 Å². The third-order valence-electron chi connectivity index (χ3n) is 4.67. The molecule has 3 aromatic carbocycles. The van der Waals surface area contributed by atoms with Crippen molar-refractivity contribution in [3.8, 4) is 11.5 Å². The summed E-state index contributed by atoms with van der Waals surface area (Å²) in [7, 11) is 0. The van der Waals surface area contributed by atoms with Crippen LogP contribution in [0.5, 0.6) is 11.5 Å². The fourth-order valence-corrected chi connectivity index (χ4v) is 3.10. The molecule has 2 N–H and O–H groups in total. The molecule has 0 spiro atoms. The summed E-state index contributed by atoms with van der Waals surface area (Å²) in [5.74, 6) is 0.244. The van der Waals surface area contributed by atoms with Crippen molar-refractivity contribution in [3.05, 3.63) is 83.4 Å². The first-order valence-corrected chi connectivity index (χ1v) is 10.7. The smallest absolute Gasteiger partial charge is 0.483 e. The average molecular weight is 463 g/mol. The van der Waals surface area contributed by atoms with Crippen molar-refractivity contribution >= 4 is 29.3 Å². The maximum Gasteiger partial charge on any atom is 0.513 e. The van der Waals surface area contributed by atoms with Gasteiger partial charge >= 0.3 is 6.16 Å². The molecular formula is C26H26N2O6. The molecule has 3 aromatic rings. The van der Waals surface area contributed by atoms with Crippen molar-refractivity contribution in [2.24, 2.45) is 0 Å². The number of hydrogen-bond donors (Lipinski definition) is 2.